The highest BCUT2D eigenvalue weighted by Crippen LogP contribution is 2.25. The van der Waals surface area contributed by atoms with Crippen molar-refractivity contribution in [3.63, 3.8) is 0 Å². The van der Waals surface area contributed by atoms with Gasteiger partial charge in [0.1, 0.15) is 5.75 Å². The summed E-state index contributed by atoms with van der Waals surface area (Å²) in [5.74, 6) is 0.315. The van der Waals surface area contributed by atoms with Crippen molar-refractivity contribution in [3.8, 4) is 5.75 Å². The summed E-state index contributed by atoms with van der Waals surface area (Å²) in [5.41, 5.74) is 2.27. The standard InChI is InChI=1S/C17H18ClNO2/c18-15-6-4-14(5-7-15)17-12-19(8-9-21-17)11-13-2-1-3-16(20)10-13/h1-7,10,17,20H,8-9,11-12H2. The molecule has 0 radical (unpaired) electrons. The van der Waals surface area contributed by atoms with Crippen LogP contribution in [0.2, 0.25) is 5.02 Å². The molecule has 1 N–H and O–H groups in total. The van der Waals surface area contributed by atoms with E-state index in [0.29, 0.717) is 12.4 Å². The minimum Gasteiger partial charge on any atom is -0.508 e. The molecule has 1 heterocycles. The SMILES string of the molecule is Oc1cccc(CN2CCOC(c3ccc(Cl)cc3)C2)c1. The van der Waals surface area contributed by atoms with E-state index in [2.05, 4.69) is 4.90 Å². The van der Waals surface area contributed by atoms with Gasteiger partial charge in [0.05, 0.1) is 12.7 Å². The predicted octanol–water partition coefficient (Wildman–Crippen LogP) is 3.62. The van der Waals surface area contributed by atoms with Gasteiger partial charge in [0.25, 0.3) is 0 Å². The number of ether oxygens (including phenoxy) is 1. The fourth-order valence-electron chi connectivity index (χ4n) is 2.64. The predicted molar refractivity (Wildman–Crippen MR) is 83.5 cm³/mol. The molecule has 0 amide bonds. The molecular weight excluding hydrogens is 286 g/mol. The van der Waals surface area contributed by atoms with E-state index in [0.717, 1.165) is 35.8 Å². The summed E-state index contributed by atoms with van der Waals surface area (Å²) < 4.78 is 5.86. The molecule has 0 bridgehead atoms. The van der Waals surface area contributed by atoms with Crippen LogP contribution in [0.25, 0.3) is 0 Å². The number of nitrogens with zero attached hydrogens (tertiary/aromatic N) is 1. The maximum atomic E-state index is 9.54. The summed E-state index contributed by atoms with van der Waals surface area (Å²) in [6.07, 6.45) is 0.0772. The molecule has 0 saturated carbocycles. The van der Waals surface area contributed by atoms with Crippen molar-refractivity contribution in [1.29, 1.82) is 0 Å². The first-order valence-corrected chi connectivity index (χ1v) is 7.46. The van der Waals surface area contributed by atoms with Gasteiger partial charge in [0.2, 0.25) is 0 Å². The van der Waals surface area contributed by atoms with Crippen LogP contribution in [0.3, 0.4) is 0 Å². The van der Waals surface area contributed by atoms with Crippen molar-refractivity contribution in [2.45, 2.75) is 12.6 Å². The first-order valence-electron chi connectivity index (χ1n) is 7.08. The number of phenols is 1. The first kappa shape index (κ1) is 14.4. The van der Waals surface area contributed by atoms with Gasteiger partial charge < -0.3 is 9.84 Å². The van der Waals surface area contributed by atoms with Crippen molar-refractivity contribution < 1.29 is 9.84 Å². The number of rotatable bonds is 3. The Morgan fingerprint density at radius 2 is 2.00 bits per heavy atom. The van der Waals surface area contributed by atoms with Crippen molar-refractivity contribution in [1.82, 2.24) is 4.90 Å². The number of hydrogen-bond donors (Lipinski definition) is 1. The molecule has 0 aliphatic carbocycles. The Kier molecular flexibility index (Phi) is 4.44. The van der Waals surface area contributed by atoms with Crippen LogP contribution in [0.1, 0.15) is 17.2 Å². The normalized spacial score (nSPS) is 19.6. The zero-order valence-electron chi connectivity index (χ0n) is 11.7. The van der Waals surface area contributed by atoms with E-state index in [1.807, 2.05) is 42.5 Å². The summed E-state index contributed by atoms with van der Waals surface area (Å²) in [5, 5.41) is 10.3. The van der Waals surface area contributed by atoms with Gasteiger partial charge >= 0.3 is 0 Å². The molecule has 3 nitrogen and oxygen atoms in total. The van der Waals surface area contributed by atoms with Crippen LogP contribution >= 0.6 is 11.6 Å². The molecule has 0 aromatic heterocycles. The summed E-state index contributed by atoms with van der Waals surface area (Å²) >= 11 is 5.93. The quantitative estimate of drug-likeness (QED) is 0.940. The third kappa shape index (κ3) is 3.76. The molecule has 1 atom stereocenters. The molecule has 1 saturated heterocycles. The number of aromatic hydroxyl groups is 1. The molecule has 110 valence electrons. The second kappa shape index (κ2) is 6.48. The second-order valence-corrected chi connectivity index (χ2v) is 5.75. The fourth-order valence-corrected chi connectivity index (χ4v) is 2.76. The lowest BCUT2D eigenvalue weighted by atomic mass is 10.1. The van der Waals surface area contributed by atoms with Crippen LogP contribution in [0, 0.1) is 0 Å². The lowest BCUT2D eigenvalue weighted by Gasteiger charge is -2.33. The molecule has 0 spiro atoms. The lowest BCUT2D eigenvalue weighted by Crippen LogP contribution is -2.37. The van der Waals surface area contributed by atoms with Crippen molar-refractivity contribution in [2.75, 3.05) is 19.7 Å². The first-order chi connectivity index (χ1) is 10.2. The van der Waals surface area contributed by atoms with Crippen LogP contribution in [0.4, 0.5) is 0 Å². The average Bonchev–Trinajstić information content (AvgIpc) is 2.48. The minimum atomic E-state index is 0.0772. The second-order valence-electron chi connectivity index (χ2n) is 5.32. The number of morpholine rings is 1. The summed E-state index contributed by atoms with van der Waals surface area (Å²) in [6.45, 7) is 3.28. The summed E-state index contributed by atoms with van der Waals surface area (Å²) in [6, 6.07) is 15.2. The van der Waals surface area contributed by atoms with Crippen LogP contribution in [0.5, 0.6) is 5.75 Å². The zero-order chi connectivity index (χ0) is 14.7. The molecule has 1 aliphatic heterocycles. The molecule has 3 rings (SSSR count). The van der Waals surface area contributed by atoms with Crippen LogP contribution in [-0.4, -0.2) is 29.7 Å². The molecular formula is C17H18ClNO2. The van der Waals surface area contributed by atoms with E-state index in [1.54, 1.807) is 6.07 Å². The van der Waals surface area contributed by atoms with Crippen LogP contribution < -0.4 is 0 Å². The highest BCUT2D eigenvalue weighted by molar-refractivity contribution is 6.30. The van der Waals surface area contributed by atoms with Gasteiger partial charge in [-0.25, -0.2) is 0 Å². The molecule has 1 aliphatic rings. The summed E-state index contributed by atoms with van der Waals surface area (Å²) in [7, 11) is 0. The zero-order valence-corrected chi connectivity index (χ0v) is 12.5. The van der Waals surface area contributed by atoms with Gasteiger partial charge in [-0.3, -0.25) is 4.90 Å². The van der Waals surface area contributed by atoms with Gasteiger partial charge in [-0.05, 0) is 35.4 Å². The molecule has 4 heteroatoms. The number of phenolic OH excluding ortho intramolecular Hbond substituents is 1. The Morgan fingerprint density at radius 3 is 2.76 bits per heavy atom. The molecule has 1 fully saturated rings. The maximum Gasteiger partial charge on any atom is 0.115 e. The van der Waals surface area contributed by atoms with Gasteiger partial charge in [-0.2, -0.15) is 0 Å². The molecule has 21 heavy (non-hydrogen) atoms. The van der Waals surface area contributed by atoms with Crippen LogP contribution in [0.15, 0.2) is 48.5 Å². The van der Waals surface area contributed by atoms with E-state index >= 15 is 0 Å². The third-order valence-electron chi connectivity index (χ3n) is 3.71. The van der Waals surface area contributed by atoms with Crippen molar-refractivity contribution in [2.24, 2.45) is 0 Å². The number of halogens is 1. The van der Waals surface area contributed by atoms with E-state index in [9.17, 15) is 5.11 Å². The van der Waals surface area contributed by atoms with Crippen molar-refractivity contribution in [3.05, 3.63) is 64.7 Å². The smallest absolute Gasteiger partial charge is 0.115 e. The minimum absolute atomic E-state index is 0.0772. The average molecular weight is 304 g/mol. The Balaban J connectivity index is 1.67. The lowest BCUT2D eigenvalue weighted by molar-refractivity contribution is -0.0329. The van der Waals surface area contributed by atoms with Gasteiger partial charge in [0.15, 0.2) is 0 Å². The Hall–Kier alpha value is -1.55. The van der Waals surface area contributed by atoms with Gasteiger partial charge in [-0.1, -0.05) is 35.9 Å². The van der Waals surface area contributed by atoms with Crippen molar-refractivity contribution >= 4 is 11.6 Å². The Labute approximate surface area is 129 Å². The third-order valence-corrected chi connectivity index (χ3v) is 3.96. The topological polar surface area (TPSA) is 32.7 Å². The fraction of sp³-hybridized carbons (Fsp3) is 0.294. The highest BCUT2D eigenvalue weighted by Gasteiger charge is 2.22. The monoisotopic (exact) mass is 303 g/mol. The van der Waals surface area contributed by atoms with Gasteiger partial charge in [-0.15, -0.1) is 0 Å². The molecule has 2 aromatic rings. The largest absolute Gasteiger partial charge is 0.508 e. The van der Waals surface area contributed by atoms with E-state index in [4.69, 9.17) is 16.3 Å². The molecule has 2 aromatic carbocycles. The van der Waals surface area contributed by atoms with Gasteiger partial charge in [0, 0.05) is 24.7 Å². The van der Waals surface area contributed by atoms with E-state index in [-0.39, 0.29) is 6.10 Å². The highest BCUT2D eigenvalue weighted by atomic mass is 35.5. The van der Waals surface area contributed by atoms with Crippen LogP contribution in [-0.2, 0) is 11.3 Å². The number of benzene rings is 2. The number of hydrogen-bond acceptors (Lipinski definition) is 3. The Morgan fingerprint density at radius 1 is 1.19 bits per heavy atom. The van der Waals surface area contributed by atoms with E-state index in [1.165, 1.54) is 0 Å². The molecule has 1 unspecified atom stereocenters. The maximum absolute atomic E-state index is 9.54. The Bertz CT molecular complexity index is 600. The van der Waals surface area contributed by atoms with E-state index < -0.39 is 0 Å². The summed E-state index contributed by atoms with van der Waals surface area (Å²) in [4.78, 5) is 2.34.